The van der Waals surface area contributed by atoms with Gasteiger partial charge in [-0.15, -0.1) is 11.8 Å². The number of alkyl halides is 1. The lowest BCUT2D eigenvalue weighted by Gasteiger charge is -2.02. The molecule has 10 heavy (non-hydrogen) atoms. The second-order valence-corrected chi connectivity index (χ2v) is 2.79. The van der Waals surface area contributed by atoms with Crippen LogP contribution in [0.25, 0.3) is 0 Å². The number of hydrogen-bond donors (Lipinski definition) is 2. The quantitative estimate of drug-likeness (QED) is 0.583. The van der Waals surface area contributed by atoms with Gasteiger partial charge >= 0.3 is 5.97 Å². The van der Waals surface area contributed by atoms with E-state index in [1.807, 2.05) is 0 Å². The molecule has 60 valence electrons. The van der Waals surface area contributed by atoms with Gasteiger partial charge in [-0.25, -0.2) is 4.39 Å². The van der Waals surface area contributed by atoms with Gasteiger partial charge < -0.3 is 10.8 Å². The Hall–Kier alpha value is -0.290. The van der Waals surface area contributed by atoms with Crippen molar-refractivity contribution in [3.8, 4) is 0 Å². The Morgan fingerprint density at radius 3 is 2.80 bits per heavy atom. The lowest BCUT2D eigenvalue weighted by atomic mass is 10.2. The van der Waals surface area contributed by atoms with Crippen molar-refractivity contribution in [1.29, 1.82) is 0 Å². The Kier molecular flexibility index (Phi) is 5.33. The van der Waals surface area contributed by atoms with Crippen molar-refractivity contribution in [3.63, 3.8) is 0 Å². The van der Waals surface area contributed by atoms with Crippen LogP contribution in [0.2, 0.25) is 0 Å². The molecule has 0 saturated carbocycles. The maximum Gasteiger partial charge on any atom is 0.320 e. The molecule has 0 aromatic carbocycles. The fourth-order valence-corrected chi connectivity index (χ4v) is 0.918. The van der Waals surface area contributed by atoms with Crippen molar-refractivity contribution < 1.29 is 14.3 Å². The van der Waals surface area contributed by atoms with Crippen molar-refractivity contribution in [3.05, 3.63) is 0 Å². The minimum Gasteiger partial charge on any atom is -0.480 e. The van der Waals surface area contributed by atoms with Crippen LogP contribution >= 0.6 is 11.8 Å². The van der Waals surface area contributed by atoms with Crippen LogP contribution < -0.4 is 5.73 Å². The molecule has 0 rings (SSSR count). The number of carboxylic acids is 1. The van der Waals surface area contributed by atoms with Gasteiger partial charge in [0.25, 0.3) is 0 Å². The summed E-state index contributed by atoms with van der Waals surface area (Å²) < 4.78 is 11.4. The molecule has 0 aliphatic rings. The van der Waals surface area contributed by atoms with E-state index in [9.17, 15) is 9.18 Å². The monoisotopic (exact) mass is 167 g/mol. The molecular formula is C5H10FNO2S. The van der Waals surface area contributed by atoms with Gasteiger partial charge in [-0.1, -0.05) is 0 Å². The van der Waals surface area contributed by atoms with Gasteiger partial charge in [0.05, 0.1) is 0 Å². The average molecular weight is 167 g/mol. The van der Waals surface area contributed by atoms with Crippen molar-refractivity contribution in [2.75, 3.05) is 11.8 Å². The normalized spacial score (nSPS) is 13.0. The van der Waals surface area contributed by atoms with Crippen molar-refractivity contribution in [2.45, 2.75) is 12.5 Å². The van der Waals surface area contributed by atoms with Crippen LogP contribution in [0, 0.1) is 0 Å². The maximum absolute atomic E-state index is 11.4. The van der Waals surface area contributed by atoms with E-state index in [0.717, 1.165) is 11.8 Å². The van der Waals surface area contributed by atoms with Crippen molar-refractivity contribution >= 4 is 17.7 Å². The second-order valence-electron chi connectivity index (χ2n) is 1.75. The van der Waals surface area contributed by atoms with Gasteiger partial charge in [0, 0.05) is 0 Å². The number of thioether (sulfide) groups is 1. The fraction of sp³-hybridized carbons (Fsp3) is 0.800. The number of carboxylic acid groups (broad SMARTS) is 1. The molecule has 3 nitrogen and oxygen atoms in total. The highest BCUT2D eigenvalue weighted by molar-refractivity contribution is 7.99. The SMILES string of the molecule is N[C@@H](CCSCF)C(=O)O. The molecule has 5 heteroatoms. The molecule has 3 N–H and O–H groups in total. The molecule has 0 fully saturated rings. The Morgan fingerprint density at radius 1 is 1.80 bits per heavy atom. The molecule has 0 radical (unpaired) electrons. The van der Waals surface area contributed by atoms with Gasteiger partial charge in [-0.2, -0.15) is 0 Å². The summed E-state index contributed by atoms with van der Waals surface area (Å²) in [4.78, 5) is 10.1. The van der Waals surface area contributed by atoms with Gasteiger partial charge in [-0.3, -0.25) is 4.79 Å². The Labute approximate surface area is 62.8 Å². The number of rotatable bonds is 5. The van der Waals surface area contributed by atoms with E-state index in [1.165, 1.54) is 0 Å². The zero-order valence-corrected chi connectivity index (χ0v) is 6.23. The van der Waals surface area contributed by atoms with Crippen molar-refractivity contribution in [1.82, 2.24) is 0 Å². The highest BCUT2D eigenvalue weighted by Gasteiger charge is 2.09. The average Bonchev–Trinajstić information content (AvgIpc) is 1.88. The molecule has 0 aromatic rings. The molecule has 0 spiro atoms. The first-order valence-corrected chi connectivity index (χ1v) is 3.96. The molecule has 0 bridgehead atoms. The van der Waals surface area contributed by atoms with Crippen LogP contribution in [-0.4, -0.2) is 28.9 Å². The summed E-state index contributed by atoms with van der Waals surface area (Å²) in [6.45, 7) is 0. The van der Waals surface area contributed by atoms with Gasteiger partial charge in [0.1, 0.15) is 12.0 Å². The van der Waals surface area contributed by atoms with E-state index >= 15 is 0 Å². The molecule has 0 heterocycles. The molecule has 0 saturated heterocycles. The highest BCUT2D eigenvalue weighted by atomic mass is 32.2. The fourth-order valence-electron chi connectivity index (χ4n) is 0.388. The molecule has 0 aliphatic heterocycles. The Morgan fingerprint density at radius 2 is 2.40 bits per heavy atom. The molecule has 0 amide bonds. The summed E-state index contributed by atoms with van der Waals surface area (Å²) in [6, 6.07) is -1.33. The van der Waals surface area contributed by atoms with Gasteiger partial charge in [-0.05, 0) is 12.2 Å². The van der Waals surface area contributed by atoms with Crippen LogP contribution in [0.15, 0.2) is 0 Å². The predicted octanol–water partition coefficient (Wildman–Crippen LogP) is 0.449. The summed E-state index contributed by atoms with van der Waals surface area (Å²) in [5.74, 6) is -0.566. The van der Waals surface area contributed by atoms with E-state index in [4.69, 9.17) is 10.8 Å². The molecule has 0 aliphatic carbocycles. The topological polar surface area (TPSA) is 63.3 Å². The summed E-state index contributed by atoms with van der Waals surface area (Å²) >= 11 is 1.04. The van der Waals surface area contributed by atoms with Crippen LogP contribution in [0.3, 0.4) is 0 Å². The smallest absolute Gasteiger partial charge is 0.320 e. The van der Waals surface area contributed by atoms with Crippen LogP contribution in [0.4, 0.5) is 4.39 Å². The van der Waals surface area contributed by atoms with Crippen LogP contribution in [0.1, 0.15) is 6.42 Å². The third-order valence-electron chi connectivity index (χ3n) is 0.968. The molecule has 0 aromatic heterocycles. The van der Waals surface area contributed by atoms with E-state index in [0.29, 0.717) is 12.2 Å². The molecule has 0 unspecified atom stereocenters. The van der Waals surface area contributed by atoms with Gasteiger partial charge in [0.2, 0.25) is 0 Å². The summed E-state index contributed by atoms with van der Waals surface area (Å²) in [5, 5.41) is 8.25. The van der Waals surface area contributed by atoms with E-state index in [1.54, 1.807) is 0 Å². The lowest BCUT2D eigenvalue weighted by molar-refractivity contribution is -0.138. The van der Waals surface area contributed by atoms with Gasteiger partial charge in [0.15, 0.2) is 0 Å². The highest BCUT2D eigenvalue weighted by Crippen LogP contribution is 2.03. The van der Waals surface area contributed by atoms with E-state index < -0.39 is 18.0 Å². The van der Waals surface area contributed by atoms with Crippen LogP contribution in [0.5, 0.6) is 0 Å². The van der Waals surface area contributed by atoms with Crippen molar-refractivity contribution in [2.24, 2.45) is 5.73 Å². The van der Waals surface area contributed by atoms with E-state index in [-0.39, 0.29) is 0 Å². The maximum atomic E-state index is 11.4. The molecular weight excluding hydrogens is 157 g/mol. The predicted molar refractivity (Wildman–Crippen MR) is 38.7 cm³/mol. The summed E-state index contributed by atoms with van der Waals surface area (Å²) in [7, 11) is 0. The van der Waals surface area contributed by atoms with Crippen LogP contribution in [-0.2, 0) is 4.79 Å². The zero-order valence-electron chi connectivity index (χ0n) is 5.42. The first-order valence-electron chi connectivity index (χ1n) is 2.80. The third-order valence-corrected chi connectivity index (χ3v) is 1.65. The first kappa shape index (κ1) is 9.71. The summed E-state index contributed by atoms with van der Waals surface area (Å²) in [5.41, 5.74) is 5.12. The number of halogens is 1. The standard InChI is InChI=1S/C5H10FNO2S/c6-3-10-2-1-4(7)5(8)9/h4H,1-3,7H2,(H,8,9)/t4-/m0/s1. The summed E-state index contributed by atoms with van der Waals surface area (Å²) in [6.07, 6.45) is 0.323. The van der Waals surface area contributed by atoms with E-state index in [2.05, 4.69) is 0 Å². The lowest BCUT2D eigenvalue weighted by Crippen LogP contribution is -2.30. The third kappa shape index (κ3) is 4.58. The minimum absolute atomic E-state index is 0.323. The number of carbonyl (C=O) groups is 1. The Balaban J connectivity index is 3.21. The number of aliphatic carboxylic acids is 1. The number of nitrogens with two attached hydrogens (primary N) is 1. The largest absolute Gasteiger partial charge is 0.480 e. The number of hydrogen-bond acceptors (Lipinski definition) is 3. The first-order chi connectivity index (χ1) is 4.68. The minimum atomic E-state index is -1.03. The second kappa shape index (κ2) is 5.49. The Bertz CT molecular complexity index is 112. The molecule has 1 atom stereocenters. The zero-order chi connectivity index (χ0) is 7.98.